The van der Waals surface area contributed by atoms with Crippen LogP contribution >= 0.6 is 0 Å². The molecule has 0 saturated carbocycles. The average Bonchev–Trinajstić information content (AvgIpc) is 2.58. The predicted octanol–water partition coefficient (Wildman–Crippen LogP) is 2.49. The van der Waals surface area contributed by atoms with Crippen LogP contribution in [0.2, 0.25) is 0 Å². The molecule has 0 aromatic rings. The van der Waals surface area contributed by atoms with Crippen molar-refractivity contribution in [3.63, 3.8) is 0 Å². The van der Waals surface area contributed by atoms with Gasteiger partial charge in [0.1, 0.15) is 12.5 Å². The van der Waals surface area contributed by atoms with E-state index in [0.29, 0.717) is 6.17 Å². The lowest BCUT2D eigenvalue weighted by molar-refractivity contribution is 0.123. The molecular weight excluding hydrogens is 174 g/mol. The molecule has 0 aromatic carbocycles. The van der Waals surface area contributed by atoms with Crippen molar-refractivity contribution < 1.29 is 0 Å². The minimum atomic E-state index is 0.528. The highest BCUT2D eigenvalue weighted by molar-refractivity contribution is 5.56. The van der Waals surface area contributed by atoms with Gasteiger partial charge >= 0.3 is 0 Å². The van der Waals surface area contributed by atoms with Gasteiger partial charge in [0, 0.05) is 13.1 Å². The van der Waals surface area contributed by atoms with Crippen LogP contribution in [0.25, 0.3) is 0 Å². The van der Waals surface area contributed by atoms with E-state index in [0.717, 1.165) is 13.1 Å². The number of rotatable bonds is 6. The Balaban J connectivity index is 2.46. The summed E-state index contributed by atoms with van der Waals surface area (Å²) in [6.45, 7) is 8.80. The maximum atomic E-state index is 4.45. The summed E-state index contributed by atoms with van der Waals surface area (Å²) in [6.07, 6.45) is 7.51. The van der Waals surface area contributed by atoms with Crippen LogP contribution in [0.1, 0.15) is 46.5 Å². The Hall–Kier alpha value is -0.730. The first-order valence-corrected chi connectivity index (χ1v) is 5.89. The molecule has 0 saturated heterocycles. The topological polar surface area (TPSA) is 18.8 Å². The van der Waals surface area contributed by atoms with Crippen molar-refractivity contribution in [2.75, 3.05) is 13.1 Å². The molecule has 1 heterocycles. The van der Waals surface area contributed by atoms with Gasteiger partial charge in [0.25, 0.3) is 0 Å². The minimum absolute atomic E-state index is 0.528. The quantitative estimate of drug-likeness (QED) is 0.651. The molecule has 1 unspecified atom stereocenters. The highest BCUT2D eigenvalue weighted by Crippen LogP contribution is 2.17. The van der Waals surface area contributed by atoms with E-state index in [1.165, 1.54) is 25.7 Å². The average molecular weight is 197 g/mol. The summed E-state index contributed by atoms with van der Waals surface area (Å²) in [4.78, 5) is 2.34. The van der Waals surface area contributed by atoms with Crippen molar-refractivity contribution >= 4 is 6.34 Å². The van der Waals surface area contributed by atoms with Crippen LogP contribution in [0.3, 0.4) is 0 Å². The van der Waals surface area contributed by atoms with E-state index in [9.17, 15) is 0 Å². The van der Waals surface area contributed by atoms with Gasteiger partial charge in [0.15, 0.2) is 0 Å². The second kappa shape index (κ2) is 5.89. The summed E-state index contributed by atoms with van der Waals surface area (Å²) in [5.74, 6) is 0. The molecule has 0 aromatic heterocycles. The summed E-state index contributed by atoms with van der Waals surface area (Å²) in [6, 6.07) is 0. The molecule has 0 aliphatic carbocycles. The Bertz CT molecular complexity index is 179. The molecule has 82 valence electrons. The fraction of sp³-hybridized carbons (Fsp3) is 0.909. The summed E-state index contributed by atoms with van der Waals surface area (Å²) >= 11 is 0. The van der Waals surface area contributed by atoms with Crippen molar-refractivity contribution in [1.29, 1.82) is 0 Å². The fourth-order valence-electron chi connectivity index (χ4n) is 1.89. The predicted molar refractivity (Wildman–Crippen MR) is 61.2 cm³/mol. The van der Waals surface area contributed by atoms with Crippen molar-refractivity contribution in [3.8, 4) is 0 Å². The molecule has 3 nitrogen and oxygen atoms in total. The van der Waals surface area contributed by atoms with Gasteiger partial charge in [-0.3, -0.25) is 5.01 Å². The van der Waals surface area contributed by atoms with Crippen LogP contribution in [-0.2, 0) is 0 Å². The zero-order chi connectivity index (χ0) is 10.4. The molecule has 0 radical (unpaired) electrons. The fourth-order valence-corrected chi connectivity index (χ4v) is 1.89. The molecule has 1 atom stereocenters. The molecular formula is C11H23N3. The van der Waals surface area contributed by atoms with Crippen LogP contribution in [0.4, 0.5) is 0 Å². The van der Waals surface area contributed by atoms with Gasteiger partial charge in [0.05, 0.1) is 0 Å². The third-order valence-corrected chi connectivity index (χ3v) is 2.71. The lowest BCUT2D eigenvalue weighted by Gasteiger charge is -2.29. The lowest BCUT2D eigenvalue weighted by Crippen LogP contribution is -2.39. The van der Waals surface area contributed by atoms with Gasteiger partial charge in [-0.2, -0.15) is 5.10 Å². The smallest absolute Gasteiger partial charge is 0.119 e. The first-order chi connectivity index (χ1) is 6.83. The molecule has 1 aliphatic rings. The molecule has 3 heteroatoms. The van der Waals surface area contributed by atoms with Gasteiger partial charge in [-0.1, -0.05) is 20.3 Å². The third-order valence-electron chi connectivity index (χ3n) is 2.71. The first-order valence-electron chi connectivity index (χ1n) is 5.89. The normalized spacial score (nSPS) is 20.9. The molecule has 1 rings (SSSR count). The Morgan fingerprint density at radius 3 is 2.57 bits per heavy atom. The van der Waals surface area contributed by atoms with Crippen LogP contribution in [0, 0.1) is 0 Å². The summed E-state index contributed by atoms with van der Waals surface area (Å²) in [5.41, 5.74) is 0. The van der Waals surface area contributed by atoms with Crippen molar-refractivity contribution in [3.05, 3.63) is 0 Å². The molecule has 0 bridgehead atoms. The lowest BCUT2D eigenvalue weighted by atomic mass is 10.2. The Morgan fingerprint density at radius 1 is 1.21 bits per heavy atom. The van der Waals surface area contributed by atoms with E-state index in [2.05, 4.69) is 35.8 Å². The summed E-state index contributed by atoms with van der Waals surface area (Å²) in [5, 5.41) is 6.68. The van der Waals surface area contributed by atoms with E-state index in [1.807, 2.05) is 6.34 Å². The van der Waals surface area contributed by atoms with E-state index < -0.39 is 0 Å². The van der Waals surface area contributed by atoms with Gasteiger partial charge < -0.3 is 4.90 Å². The van der Waals surface area contributed by atoms with Crippen molar-refractivity contribution in [1.82, 2.24) is 9.91 Å². The molecule has 0 amide bonds. The Morgan fingerprint density at radius 2 is 2.00 bits per heavy atom. The van der Waals surface area contributed by atoms with E-state index >= 15 is 0 Å². The van der Waals surface area contributed by atoms with Gasteiger partial charge in [-0.25, -0.2) is 0 Å². The standard InChI is InChI=1S/C11H23N3/c1-4-7-8-11-13(6-3)10-12-14(11)9-5-2/h10-11H,4-9H2,1-3H3. The Labute approximate surface area is 87.8 Å². The third kappa shape index (κ3) is 2.63. The monoisotopic (exact) mass is 197 g/mol. The maximum Gasteiger partial charge on any atom is 0.119 e. The van der Waals surface area contributed by atoms with E-state index in [-0.39, 0.29) is 0 Å². The molecule has 1 aliphatic heterocycles. The molecule has 0 N–H and O–H groups in total. The number of unbranched alkanes of at least 4 members (excludes halogenated alkanes) is 1. The van der Waals surface area contributed by atoms with Gasteiger partial charge in [0.2, 0.25) is 0 Å². The number of nitrogens with zero attached hydrogens (tertiary/aromatic N) is 3. The van der Waals surface area contributed by atoms with Crippen molar-refractivity contribution in [2.24, 2.45) is 5.10 Å². The number of hydrogen-bond acceptors (Lipinski definition) is 3. The zero-order valence-electron chi connectivity index (χ0n) is 9.74. The van der Waals surface area contributed by atoms with E-state index in [4.69, 9.17) is 0 Å². The second-order valence-corrected chi connectivity index (χ2v) is 3.85. The molecule has 0 spiro atoms. The van der Waals surface area contributed by atoms with Crippen molar-refractivity contribution in [2.45, 2.75) is 52.6 Å². The Kier molecular flexibility index (Phi) is 4.77. The largest absolute Gasteiger partial charge is 0.340 e. The van der Waals surface area contributed by atoms with Crippen LogP contribution in [-0.4, -0.2) is 35.5 Å². The summed E-state index contributed by atoms with van der Waals surface area (Å²) < 4.78 is 0. The zero-order valence-corrected chi connectivity index (χ0v) is 9.74. The van der Waals surface area contributed by atoms with Gasteiger partial charge in [-0.15, -0.1) is 0 Å². The van der Waals surface area contributed by atoms with Gasteiger partial charge in [-0.05, 0) is 26.2 Å². The number of hydrogen-bond donors (Lipinski definition) is 0. The SMILES string of the molecule is CCCCC1N(CC)C=NN1CCC. The van der Waals surface area contributed by atoms with Crippen LogP contribution in [0.15, 0.2) is 5.10 Å². The minimum Gasteiger partial charge on any atom is -0.340 e. The highest BCUT2D eigenvalue weighted by atomic mass is 15.6. The summed E-state index contributed by atoms with van der Waals surface area (Å²) in [7, 11) is 0. The van der Waals surface area contributed by atoms with E-state index in [1.54, 1.807) is 0 Å². The maximum absolute atomic E-state index is 4.45. The molecule has 0 fully saturated rings. The van der Waals surface area contributed by atoms with Crippen LogP contribution < -0.4 is 0 Å². The van der Waals surface area contributed by atoms with Crippen LogP contribution in [0.5, 0.6) is 0 Å². The molecule has 14 heavy (non-hydrogen) atoms. The second-order valence-electron chi connectivity index (χ2n) is 3.85. The number of hydrazone groups is 1. The highest BCUT2D eigenvalue weighted by Gasteiger charge is 2.24. The first kappa shape index (κ1) is 11.3.